The summed E-state index contributed by atoms with van der Waals surface area (Å²) in [5.41, 5.74) is 1.15. The second-order valence-corrected chi connectivity index (χ2v) is 11.2. The summed E-state index contributed by atoms with van der Waals surface area (Å²) in [4.78, 5) is 40.9. The first-order valence-electron chi connectivity index (χ1n) is 12.6. The predicted octanol–water partition coefficient (Wildman–Crippen LogP) is 3.13. The molecule has 1 saturated carbocycles. The number of fused-ring (bicyclic) bond motifs is 1. The van der Waals surface area contributed by atoms with Crippen LogP contribution in [0.3, 0.4) is 0 Å². The van der Waals surface area contributed by atoms with E-state index in [0.717, 1.165) is 35.6 Å². The van der Waals surface area contributed by atoms with Gasteiger partial charge in [0, 0.05) is 25.6 Å². The highest BCUT2D eigenvalue weighted by molar-refractivity contribution is 7.90. The molecule has 2 aromatic rings. The molecule has 0 saturated heterocycles. The Hall–Kier alpha value is -3.20. The van der Waals surface area contributed by atoms with Gasteiger partial charge in [0.15, 0.2) is 0 Å². The molecule has 2 aliphatic rings. The molecule has 0 bridgehead atoms. The standard InChI is InChI=1S/C27H33N3O5S/c1-2-23(26(32)28-21-12-6-7-13-21)29(18-16-20-10-4-3-5-11-20)25(31)17-19-30-27(33)22-14-8-9-15-24(22)36(30,34)35/h3-5,8-11,14-15,21,23H,2,6-7,12-13,16-19H2,1H3,(H,28,32). The van der Waals surface area contributed by atoms with Crippen LogP contribution in [0.1, 0.15) is 61.4 Å². The first-order chi connectivity index (χ1) is 17.3. The van der Waals surface area contributed by atoms with Gasteiger partial charge in [-0.2, -0.15) is 0 Å². The van der Waals surface area contributed by atoms with Crippen LogP contribution in [-0.4, -0.2) is 60.5 Å². The van der Waals surface area contributed by atoms with Gasteiger partial charge in [-0.1, -0.05) is 62.2 Å². The third-order valence-electron chi connectivity index (χ3n) is 7.01. The van der Waals surface area contributed by atoms with E-state index < -0.39 is 22.0 Å². The summed E-state index contributed by atoms with van der Waals surface area (Å²) in [6, 6.07) is 15.2. The number of rotatable bonds is 10. The van der Waals surface area contributed by atoms with E-state index in [0.29, 0.717) is 19.4 Å². The van der Waals surface area contributed by atoms with E-state index in [1.807, 2.05) is 37.3 Å². The lowest BCUT2D eigenvalue weighted by Gasteiger charge is -2.32. The molecule has 1 heterocycles. The molecule has 192 valence electrons. The quantitative estimate of drug-likeness (QED) is 0.528. The van der Waals surface area contributed by atoms with Crippen molar-refractivity contribution in [3.8, 4) is 0 Å². The number of nitrogens with zero attached hydrogens (tertiary/aromatic N) is 2. The number of sulfonamides is 1. The highest BCUT2D eigenvalue weighted by atomic mass is 32.2. The Bertz CT molecular complexity index is 1210. The monoisotopic (exact) mass is 511 g/mol. The van der Waals surface area contributed by atoms with Gasteiger partial charge in [0.05, 0.1) is 5.56 Å². The normalized spacial score (nSPS) is 17.6. The van der Waals surface area contributed by atoms with Crippen molar-refractivity contribution in [2.45, 2.75) is 68.8 Å². The number of carbonyl (C=O) groups excluding carboxylic acids is 3. The van der Waals surface area contributed by atoms with Crippen molar-refractivity contribution in [1.29, 1.82) is 0 Å². The molecule has 1 aliphatic heterocycles. The van der Waals surface area contributed by atoms with Gasteiger partial charge in [0.2, 0.25) is 11.8 Å². The summed E-state index contributed by atoms with van der Waals surface area (Å²) in [7, 11) is -4.00. The van der Waals surface area contributed by atoms with Crippen molar-refractivity contribution in [3.05, 3.63) is 65.7 Å². The van der Waals surface area contributed by atoms with Gasteiger partial charge in [-0.15, -0.1) is 0 Å². The lowest BCUT2D eigenvalue weighted by Crippen LogP contribution is -2.52. The molecule has 36 heavy (non-hydrogen) atoms. The van der Waals surface area contributed by atoms with Crippen LogP contribution in [0.2, 0.25) is 0 Å². The zero-order valence-corrected chi connectivity index (χ0v) is 21.4. The van der Waals surface area contributed by atoms with Crippen molar-refractivity contribution in [2.24, 2.45) is 0 Å². The molecule has 3 amide bonds. The van der Waals surface area contributed by atoms with E-state index >= 15 is 0 Å². The average molecular weight is 512 g/mol. The van der Waals surface area contributed by atoms with Crippen LogP contribution in [0.25, 0.3) is 0 Å². The second-order valence-electron chi connectivity index (χ2n) is 9.37. The molecule has 0 radical (unpaired) electrons. The molecule has 0 aromatic heterocycles. The molecular weight excluding hydrogens is 478 g/mol. The largest absolute Gasteiger partial charge is 0.352 e. The van der Waals surface area contributed by atoms with Gasteiger partial charge >= 0.3 is 0 Å². The summed E-state index contributed by atoms with van der Waals surface area (Å²) in [6.07, 6.45) is 4.85. The summed E-state index contributed by atoms with van der Waals surface area (Å²) >= 11 is 0. The first-order valence-corrected chi connectivity index (χ1v) is 14.1. The Labute approximate surface area is 212 Å². The van der Waals surface area contributed by atoms with Crippen LogP contribution < -0.4 is 5.32 Å². The highest BCUT2D eigenvalue weighted by Gasteiger charge is 2.41. The van der Waals surface area contributed by atoms with Crippen molar-refractivity contribution in [1.82, 2.24) is 14.5 Å². The minimum absolute atomic E-state index is 0.0363. The Morgan fingerprint density at radius 3 is 2.39 bits per heavy atom. The van der Waals surface area contributed by atoms with Crippen LogP contribution in [0.4, 0.5) is 0 Å². The van der Waals surface area contributed by atoms with E-state index in [4.69, 9.17) is 0 Å². The maximum absolute atomic E-state index is 13.5. The fraction of sp³-hybridized carbons (Fsp3) is 0.444. The van der Waals surface area contributed by atoms with E-state index in [1.54, 1.807) is 17.0 Å². The average Bonchev–Trinajstić information content (AvgIpc) is 3.45. The summed E-state index contributed by atoms with van der Waals surface area (Å²) in [5.74, 6) is -1.15. The number of benzene rings is 2. The van der Waals surface area contributed by atoms with Crippen LogP contribution in [-0.2, 0) is 26.0 Å². The van der Waals surface area contributed by atoms with E-state index in [9.17, 15) is 22.8 Å². The second kappa shape index (κ2) is 11.2. The number of amides is 3. The maximum atomic E-state index is 13.5. The third-order valence-corrected chi connectivity index (χ3v) is 8.85. The van der Waals surface area contributed by atoms with Gasteiger partial charge in [-0.3, -0.25) is 14.4 Å². The molecule has 1 unspecified atom stereocenters. The summed E-state index contributed by atoms with van der Waals surface area (Å²) in [5, 5.41) is 3.10. The minimum Gasteiger partial charge on any atom is -0.352 e. The van der Waals surface area contributed by atoms with Crippen LogP contribution in [0, 0.1) is 0 Å². The molecular formula is C27H33N3O5S. The minimum atomic E-state index is -4.00. The van der Waals surface area contributed by atoms with Crippen molar-refractivity contribution in [2.75, 3.05) is 13.1 Å². The lowest BCUT2D eigenvalue weighted by molar-refractivity contribution is -0.141. The first kappa shape index (κ1) is 25.9. The van der Waals surface area contributed by atoms with Gasteiger partial charge in [-0.05, 0) is 43.4 Å². The van der Waals surface area contributed by atoms with Gasteiger partial charge in [-0.25, -0.2) is 12.7 Å². The van der Waals surface area contributed by atoms with E-state index in [2.05, 4.69) is 5.32 Å². The molecule has 1 atom stereocenters. The zero-order valence-electron chi connectivity index (χ0n) is 20.6. The number of hydrogen-bond acceptors (Lipinski definition) is 5. The summed E-state index contributed by atoms with van der Waals surface area (Å²) < 4.78 is 26.6. The van der Waals surface area contributed by atoms with Crippen molar-refractivity contribution >= 4 is 27.7 Å². The molecule has 9 heteroatoms. The Balaban J connectivity index is 1.49. The number of nitrogens with one attached hydrogen (secondary N) is 1. The predicted molar refractivity (Wildman–Crippen MR) is 136 cm³/mol. The van der Waals surface area contributed by atoms with Gasteiger partial charge in [0.1, 0.15) is 10.9 Å². The van der Waals surface area contributed by atoms with E-state index in [-0.39, 0.29) is 41.3 Å². The Morgan fingerprint density at radius 1 is 1.06 bits per heavy atom. The molecule has 4 rings (SSSR count). The number of hydrogen-bond donors (Lipinski definition) is 1. The van der Waals surface area contributed by atoms with Gasteiger partial charge < -0.3 is 10.2 Å². The molecule has 2 aromatic carbocycles. The van der Waals surface area contributed by atoms with Crippen molar-refractivity contribution < 1.29 is 22.8 Å². The topological polar surface area (TPSA) is 104 Å². The Kier molecular flexibility index (Phi) is 8.08. The van der Waals surface area contributed by atoms with Crippen LogP contribution >= 0.6 is 0 Å². The van der Waals surface area contributed by atoms with Crippen molar-refractivity contribution in [3.63, 3.8) is 0 Å². The fourth-order valence-corrected chi connectivity index (χ4v) is 6.63. The van der Waals surface area contributed by atoms with Crippen LogP contribution in [0.15, 0.2) is 59.5 Å². The molecule has 8 nitrogen and oxygen atoms in total. The smallest absolute Gasteiger partial charge is 0.269 e. The van der Waals surface area contributed by atoms with Gasteiger partial charge in [0.25, 0.3) is 15.9 Å². The van der Waals surface area contributed by atoms with Crippen LogP contribution in [0.5, 0.6) is 0 Å². The molecule has 1 fully saturated rings. The highest BCUT2D eigenvalue weighted by Crippen LogP contribution is 2.30. The molecule has 1 N–H and O–H groups in total. The zero-order chi connectivity index (χ0) is 25.7. The third kappa shape index (κ3) is 5.46. The maximum Gasteiger partial charge on any atom is 0.269 e. The summed E-state index contributed by atoms with van der Waals surface area (Å²) in [6.45, 7) is 1.92. The lowest BCUT2D eigenvalue weighted by atomic mass is 10.1. The van der Waals surface area contributed by atoms with E-state index in [1.165, 1.54) is 12.1 Å². The molecule has 0 spiro atoms. The molecule has 1 aliphatic carbocycles. The number of carbonyl (C=O) groups is 3. The SMILES string of the molecule is CCC(C(=O)NC1CCCC1)N(CCc1ccccc1)C(=O)CCN1C(=O)c2ccccc2S1(=O)=O. The fourth-order valence-electron chi connectivity index (χ4n) is 5.06. The Morgan fingerprint density at radius 2 is 1.72 bits per heavy atom.